The molecular weight excluding hydrogens is 316 g/mol. The van der Waals surface area contributed by atoms with Gasteiger partial charge >= 0.3 is 0 Å². The van der Waals surface area contributed by atoms with E-state index in [9.17, 15) is 4.79 Å². The first kappa shape index (κ1) is 18.0. The third-order valence-corrected chi connectivity index (χ3v) is 4.11. The van der Waals surface area contributed by atoms with Crippen molar-refractivity contribution in [2.75, 3.05) is 46.9 Å². The van der Waals surface area contributed by atoms with E-state index in [1.54, 1.807) is 12.1 Å². The summed E-state index contributed by atoms with van der Waals surface area (Å²) in [5, 5.41) is 0.665. The van der Waals surface area contributed by atoms with Crippen LogP contribution < -0.4 is 4.74 Å². The molecule has 0 saturated carbocycles. The summed E-state index contributed by atoms with van der Waals surface area (Å²) < 4.78 is 11.4. The van der Waals surface area contributed by atoms with Crippen LogP contribution in [-0.4, -0.2) is 68.8 Å². The molecule has 0 bridgehead atoms. The third-order valence-electron chi connectivity index (χ3n) is 3.88. The number of carbonyl (C=O) groups is 1. The Bertz CT molecular complexity index is 537. The molecule has 1 aliphatic rings. The van der Waals surface area contributed by atoms with E-state index in [0.29, 0.717) is 30.5 Å². The van der Waals surface area contributed by atoms with Crippen LogP contribution in [0.5, 0.6) is 5.75 Å². The maximum atomic E-state index is 12.3. The molecule has 5 nitrogen and oxygen atoms in total. The number of halogens is 1. The predicted molar refractivity (Wildman–Crippen MR) is 91.2 cm³/mol. The maximum Gasteiger partial charge on any atom is 0.260 e. The molecule has 1 aliphatic heterocycles. The van der Waals surface area contributed by atoms with Crippen LogP contribution in [0, 0.1) is 6.92 Å². The van der Waals surface area contributed by atoms with Crippen LogP contribution in [-0.2, 0) is 9.53 Å². The number of carbonyl (C=O) groups excluding carboxylic acids is 1. The number of amides is 1. The second kappa shape index (κ2) is 8.52. The first-order chi connectivity index (χ1) is 11.0. The summed E-state index contributed by atoms with van der Waals surface area (Å²) in [5.74, 6) is 0.692. The van der Waals surface area contributed by atoms with Gasteiger partial charge in [0.2, 0.25) is 0 Å². The van der Waals surface area contributed by atoms with Crippen molar-refractivity contribution >= 4 is 17.5 Å². The number of benzene rings is 1. The van der Waals surface area contributed by atoms with Gasteiger partial charge in [-0.1, -0.05) is 11.6 Å². The van der Waals surface area contributed by atoms with Crippen LogP contribution in [0.3, 0.4) is 0 Å². The van der Waals surface area contributed by atoms with E-state index >= 15 is 0 Å². The van der Waals surface area contributed by atoms with Crippen molar-refractivity contribution < 1.29 is 14.3 Å². The van der Waals surface area contributed by atoms with Crippen molar-refractivity contribution in [3.05, 3.63) is 28.8 Å². The van der Waals surface area contributed by atoms with Crippen LogP contribution in [0.25, 0.3) is 0 Å². The Balaban J connectivity index is 1.82. The normalized spacial score (nSPS) is 18.3. The molecule has 0 aromatic heterocycles. The van der Waals surface area contributed by atoms with Crippen molar-refractivity contribution in [2.45, 2.75) is 19.4 Å². The topological polar surface area (TPSA) is 42.0 Å². The van der Waals surface area contributed by atoms with E-state index in [2.05, 4.69) is 4.90 Å². The zero-order chi connectivity index (χ0) is 16.8. The SMILES string of the molecule is Cc1cc(Cl)ccc1OCC(=O)N1CCOC(CCN(C)C)C1. The fourth-order valence-electron chi connectivity index (χ4n) is 2.53. The van der Waals surface area contributed by atoms with Gasteiger partial charge in [0.1, 0.15) is 5.75 Å². The molecule has 23 heavy (non-hydrogen) atoms. The summed E-state index contributed by atoms with van der Waals surface area (Å²) in [6.07, 6.45) is 1.03. The molecule has 1 fully saturated rings. The van der Waals surface area contributed by atoms with Gasteiger partial charge in [0.25, 0.3) is 5.91 Å². The van der Waals surface area contributed by atoms with Crippen LogP contribution >= 0.6 is 11.6 Å². The lowest BCUT2D eigenvalue weighted by Gasteiger charge is -2.33. The van der Waals surface area contributed by atoms with Crippen LogP contribution in [0.15, 0.2) is 18.2 Å². The minimum absolute atomic E-state index is 0.00231. The standard InChI is InChI=1S/C17H25ClN2O3/c1-13-10-14(18)4-5-16(13)23-12-17(21)20-8-9-22-15(11-20)6-7-19(2)3/h4-5,10,15H,6-9,11-12H2,1-3H3. The van der Waals surface area contributed by atoms with Crippen molar-refractivity contribution in [1.82, 2.24) is 9.80 Å². The van der Waals surface area contributed by atoms with E-state index in [1.165, 1.54) is 0 Å². The molecule has 0 N–H and O–H groups in total. The average molecular weight is 341 g/mol. The molecule has 1 heterocycles. The maximum absolute atomic E-state index is 12.3. The zero-order valence-corrected chi connectivity index (χ0v) is 14.8. The van der Waals surface area contributed by atoms with Gasteiger partial charge in [-0.05, 0) is 51.2 Å². The Morgan fingerprint density at radius 3 is 2.96 bits per heavy atom. The van der Waals surface area contributed by atoms with Gasteiger partial charge in [0.05, 0.1) is 12.7 Å². The number of hydrogen-bond acceptors (Lipinski definition) is 4. The third kappa shape index (κ3) is 5.68. The highest BCUT2D eigenvalue weighted by Gasteiger charge is 2.24. The van der Waals surface area contributed by atoms with Gasteiger partial charge < -0.3 is 19.3 Å². The number of nitrogens with zero attached hydrogens (tertiary/aromatic N) is 2. The molecular formula is C17H25ClN2O3. The van der Waals surface area contributed by atoms with Gasteiger partial charge in [0, 0.05) is 24.7 Å². The lowest BCUT2D eigenvalue weighted by atomic mass is 10.2. The highest BCUT2D eigenvalue weighted by Crippen LogP contribution is 2.22. The molecule has 0 aliphatic carbocycles. The number of ether oxygens (including phenoxy) is 2. The van der Waals surface area contributed by atoms with Crippen LogP contribution in [0.4, 0.5) is 0 Å². The second-order valence-electron chi connectivity index (χ2n) is 6.12. The lowest BCUT2D eigenvalue weighted by molar-refractivity contribution is -0.141. The van der Waals surface area contributed by atoms with Gasteiger partial charge in [-0.2, -0.15) is 0 Å². The summed E-state index contributed by atoms with van der Waals surface area (Å²) in [7, 11) is 4.07. The number of morpholine rings is 1. The Morgan fingerprint density at radius 1 is 1.48 bits per heavy atom. The van der Waals surface area contributed by atoms with Crippen molar-refractivity contribution in [3.63, 3.8) is 0 Å². The van der Waals surface area contributed by atoms with Crippen LogP contribution in [0.2, 0.25) is 5.02 Å². The largest absolute Gasteiger partial charge is 0.483 e. The molecule has 1 saturated heterocycles. The molecule has 1 unspecified atom stereocenters. The van der Waals surface area contributed by atoms with Gasteiger partial charge in [-0.25, -0.2) is 0 Å². The monoisotopic (exact) mass is 340 g/mol. The zero-order valence-electron chi connectivity index (χ0n) is 14.0. The Morgan fingerprint density at radius 2 is 2.26 bits per heavy atom. The van der Waals surface area contributed by atoms with Crippen molar-refractivity contribution in [1.29, 1.82) is 0 Å². The molecule has 0 radical (unpaired) electrons. The number of hydrogen-bond donors (Lipinski definition) is 0. The van der Waals surface area contributed by atoms with E-state index in [-0.39, 0.29) is 18.6 Å². The molecule has 2 rings (SSSR count). The van der Waals surface area contributed by atoms with E-state index in [1.807, 2.05) is 32.0 Å². The predicted octanol–water partition coefficient (Wildman–Crippen LogP) is 2.21. The molecule has 128 valence electrons. The highest BCUT2D eigenvalue weighted by atomic mass is 35.5. The molecule has 6 heteroatoms. The molecule has 0 spiro atoms. The molecule has 1 aromatic rings. The summed E-state index contributed by atoms with van der Waals surface area (Å²) in [6, 6.07) is 5.39. The van der Waals surface area contributed by atoms with Gasteiger partial charge in [-0.3, -0.25) is 4.79 Å². The smallest absolute Gasteiger partial charge is 0.260 e. The molecule has 1 aromatic carbocycles. The minimum Gasteiger partial charge on any atom is -0.483 e. The minimum atomic E-state index is -0.00231. The highest BCUT2D eigenvalue weighted by molar-refractivity contribution is 6.30. The summed E-state index contributed by atoms with van der Waals surface area (Å²) in [5.41, 5.74) is 0.927. The van der Waals surface area contributed by atoms with Gasteiger partial charge in [0.15, 0.2) is 6.61 Å². The van der Waals surface area contributed by atoms with E-state index < -0.39 is 0 Å². The van der Waals surface area contributed by atoms with E-state index in [0.717, 1.165) is 18.5 Å². The molecule has 1 atom stereocenters. The number of rotatable bonds is 6. The van der Waals surface area contributed by atoms with Crippen molar-refractivity contribution in [3.8, 4) is 5.75 Å². The second-order valence-corrected chi connectivity index (χ2v) is 6.56. The van der Waals surface area contributed by atoms with Crippen LogP contribution in [0.1, 0.15) is 12.0 Å². The Hall–Kier alpha value is -1.30. The summed E-state index contributed by atoms with van der Waals surface area (Å²) >= 11 is 5.92. The fourth-order valence-corrected chi connectivity index (χ4v) is 2.75. The molecule has 1 amide bonds. The van der Waals surface area contributed by atoms with Gasteiger partial charge in [-0.15, -0.1) is 0 Å². The summed E-state index contributed by atoms with van der Waals surface area (Å²) in [6.45, 7) is 4.76. The van der Waals surface area contributed by atoms with Crippen molar-refractivity contribution in [2.24, 2.45) is 0 Å². The Labute approximate surface area is 143 Å². The van der Waals surface area contributed by atoms with E-state index in [4.69, 9.17) is 21.1 Å². The quantitative estimate of drug-likeness (QED) is 0.796. The Kier molecular flexibility index (Phi) is 6.69. The average Bonchev–Trinajstić information content (AvgIpc) is 2.52. The first-order valence-electron chi connectivity index (χ1n) is 7.89. The lowest BCUT2D eigenvalue weighted by Crippen LogP contribution is -2.47. The fraction of sp³-hybridized carbons (Fsp3) is 0.588. The number of aryl methyl sites for hydroxylation is 1. The summed E-state index contributed by atoms with van der Waals surface area (Å²) in [4.78, 5) is 16.3. The first-order valence-corrected chi connectivity index (χ1v) is 8.26.